The summed E-state index contributed by atoms with van der Waals surface area (Å²) < 4.78 is 95.2. The van der Waals surface area contributed by atoms with Gasteiger partial charge in [-0.25, -0.2) is 14.4 Å². The minimum Gasteiger partial charge on any atom is -0.497 e. The van der Waals surface area contributed by atoms with E-state index in [4.69, 9.17) is 111 Å². The number of hydrogen-bond acceptors (Lipinski definition) is 21. The van der Waals surface area contributed by atoms with E-state index in [1.807, 2.05) is 72.8 Å². The smallest absolute Gasteiger partial charge is 0.338 e. The van der Waals surface area contributed by atoms with Crippen LogP contribution in [0.5, 0.6) is 5.75 Å². The zero-order chi connectivity index (χ0) is 69.5. The quantitative estimate of drug-likeness (QED) is 0.00639. The fraction of sp³-hybridized carbons (Fsp3) is 0.352. The highest BCUT2D eigenvalue weighted by atomic mass is 35.6. The van der Waals surface area contributed by atoms with Crippen molar-refractivity contribution in [3.05, 3.63) is 266 Å². The molecule has 99 heavy (non-hydrogen) atoms. The number of halogens is 3. The number of esters is 3. The number of nitrogens with one attached hydrogen (secondary N) is 1. The predicted molar refractivity (Wildman–Crippen MR) is 358 cm³/mol. The van der Waals surface area contributed by atoms with Crippen LogP contribution in [0.15, 0.2) is 216 Å². The first kappa shape index (κ1) is 73.0. The molecule has 28 heteroatoms. The lowest BCUT2D eigenvalue weighted by Gasteiger charge is -2.50. The van der Waals surface area contributed by atoms with Crippen molar-refractivity contribution in [1.29, 1.82) is 5.41 Å². The molecule has 0 spiro atoms. The van der Waals surface area contributed by atoms with Gasteiger partial charge < -0.3 is 71.1 Å². The van der Waals surface area contributed by atoms with Crippen molar-refractivity contribution in [3.8, 4) is 5.75 Å². The average molecular weight is 1420 g/mol. The van der Waals surface area contributed by atoms with E-state index >= 15 is 4.79 Å². The topological polar surface area (TPSA) is 311 Å². The first-order valence-electron chi connectivity index (χ1n) is 31.3. The predicted octanol–water partition coefficient (Wildman–Crippen LogP) is 12.5. The third kappa shape index (κ3) is 20.0. The SMILES string of the molecule is COC(=O)C1O[C@@H](O[C@@H]2C(COCc3ccc(OC)cc3)O[C@@H](OC(=N)C(Cl)(Cl)Cl)C(N=[N+]=[N-])[C@H]2OC(=O)c2ccccc2)C(OCc2ccccc2)[C@H](OCc2ccccc2)[C@@H]1O[C@@H]1OC(COC(=O)c2ccccc2)[C@@H](OCc2ccccc2)[C@H](OCc2ccccc2)C1N=[N+]=[N-]. The maximum Gasteiger partial charge on any atom is 0.338 e. The summed E-state index contributed by atoms with van der Waals surface area (Å²) in [5.74, 6) is -3.11. The second-order valence-electron chi connectivity index (χ2n) is 22.7. The fourth-order valence-corrected chi connectivity index (χ4v) is 11.3. The Morgan fingerprint density at radius 2 is 0.899 bits per heavy atom. The lowest BCUT2D eigenvalue weighted by Crippen LogP contribution is -2.68. The number of rotatable bonds is 30. The number of carbonyl (C=O) groups is 3. The van der Waals surface area contributed by atoms with E-state index in [-0.39, 0.29) is 44.2 Å². The van der Waals surface area contributed by atoms with Crippen molar-refractivity contribution in [3.63, 3.8) is 0 Å². The molecular formula is C71H70Cl3N7O18. The van der Waals surface area contributed by atoms with Crippen LogP contribution in [0.1, 0.15) is 48.5 Å². The minimum absolute atomic E-state index is 0.0141. The van der Waals surface area contributed by atoms with Crippen molar-refractivity contribution >= 4 is 58.6 Å². The summed E-state index contributed by atoms with van der Waals surface area (Å²) in [6.45, 7) is -1.44. The molecule has 3 aliphatic heterocycles. The number of alkyl halides is 3. The van der Waals surface area contributed by atoms with E-state index in [0.29, 0.717) is 22.4 Å². The monoisotopic (exact) mass is 1410 g/mol. The van der Waals surface area contributed by atoms with Crippen molar-refractivity contribution in [2.45, 2.75) is 129 Å². The second kappa shape index (κ2) is 36.4. The van der Waals surface area contributed by atoms with E-state index in [2.05, 4.69) is 20.1 Å². The van der Waals surface area contributed by atoms with E-state index in [1.165, 1.54) is 19.2 Å². The molecule has 10 rings (SSSR count). The van der Waals surface area contributed by atoms with Gasteiger partial charge in [0.1, 0.15) is 79.4 Å². The molecule has 3 saturated heterocycles. The van der Waals surface area contributed by atoms with E-state index in [1.54, 1.807) is 121 Å². The van der Waals surface area contributed by atoms with Gasteiger partial charge in [0, 0.05) is 9.82 Å². The Bertz CT molecular complexity index is 3800. The van der Waals surface area contributed by atoms with Crippen LogP contribution in [0.4, 0.5) is 0 Å². The molecule has 3 heterocycles. The summed E-state index contributed by atoms with van der Waals surface area (Å²) >= 11 is 18.5. The molecule has 0 radical (unpaired) electrons. The number of nitrogens with zero attached hydrogens (tertiary/aromatic N) is 6. The van der Waals surface area contributed by atoms with Gasteiger partial charge in [-0.2, -0.15) is 0 Å². The highest BCUT2D eigenvalue weighted by Gasteiger charge is 2.59. The summed E-state index contributed by atoms with van der Waals surface area (Å²) in [5, 5.41) is 17.0. The molecule has 7 aromatic rings. The van der Waals surface area contributed by atoms with Crippen LogP contribution < -0.4 is 4.74 Å². The normalized spacial score (nSPS) is 25.1. The van der Waals surface area contributed by atoms with E-state index in [9.17, 15) is 20.7 Å². The lowest BCUT2D eigenvalue weighted by atomic mass is 9.94. The third-order valence-corrected chi connectivity index (χ3v) is 16.6. The number of hydrogen-bond donors (Lipinski definition) is 1. The van der Waals surface area contributed by atoms with Gasteiger partial charge in [-0.15, -0.1) is 0 Å². The summed E-state index contributed by atoms with van der Waals surface area (Å²) in [5.41, 5.74) is 24.6. The van der Waals surface area contributed by atoms with Crippen LogP contribution in [0, 0.1) is 5.41 Å². The molecule has 15 atom stereocenters. The molecule has 6 unspecified atom stereocenters. The lowest BCUT2D eigenvalue weighted by molar-refractivity contribution is -0.370. The van der Waals surface area contributed by atoms with Gasteiger partial charge >= 0.3 is 17.9 Å². The Morgan fingerprint density at radius 3 is 1.39 bits per heavy atom. The summed E-state index contributed by atoms with van der Waals surface area (Å²) in [6, 6.07) is 56.3. The Morgan fingerprint density at radius 1 is 0.465 bits per heavy atom. The van der Waals surface area contributed by atoms with Gasteiger partial charge in [-0.3, -0.25) is 5.41 Å². The first-order chi connectivity index (χ1) is 48.2. The zero-order valence-corrected chi connectivity index (χ0v) is 55.7. The maximum atomic E-state index is 15.0. The molecule has 1 N–H and O–H groups in total. The minimum atomic E-state index is -2.49. The van der Waals surface area contributed by atoms with Crippen molar-refractivity contribution in [2.24, 2.45) is 10.2 Å². The van der Waals surface area contributed by atoms with Gasteiger partial charge in [0.25, 0.3) is 3.79 Å². The first-order valence-corrected chi connectivity index (χ1v) is 32.4. The highest BCUT2D eigenvalue weighted by Crippen LogP contribution is 2.40. The molecule has 0 aliphatic carbocycles. The van der Waals surface area contributed by atoms with Gasteiger partial charge in [0.2, 0.25) is 12.2 Å². The third-order valence-electron chi connectivity index (χ3n) is 16.1. The fourth-order valence-electron chi connectivity index (χ4n) is 11.2. The van der Waals surface area contributed by atoms with Gasteiger partial charge in [0.15, 0.2) is 18.7 Å². The highest BCUT2D eigenvalue weighted by molar-refractivity contribution is 6.76. The summed E-state index contributed by atoms with van der Waals surface area (Å²) in [7, 11) is 2.64. The number of carbonyl (C=O) groups excluding carboxylic acids is 3. The van der Waals surface area contributed by atoms with Crippen molar-refractivity contribution in [2.75, 3.05) is 27.4 Å². The molecule has 0 aromatic heterocycles. The molecule has 3 aliphatic rings. The van der Waals surface area contributed by atoms with Crippen molar-refractivity contribution < 1.29 is 85.4 Å². The standard InChI is InChI=1S/C71H70Cl3N7O18/c1-85-51-35-33-48(34-36-51)37-87-42-52-57(59(95-65(83)50-31-19-8-20-32-50)55(79-81-77)68(93-52)99-70(75)71(72,73)74)96-69-63(91-41-47-27-15-6-16-28-47)60(90-40-46-25-13-5-14-26-46)61(62(98-69)66(84)86-2)97-67-54(78-80-76)58(89-39-45-23-11-4-12-24-45)56(88-38-44-21-9-3-10-22-44)53(94-67)43-92-64(82)49-29-17-7-18-30-49/h3-36,52-63,67-69,75H,37-43H2,1-2H3/t52?,53?,54?,55?,56-,57-,58-,59-,60-,61+,62?,63?,67+,68+,69-/m1/s1. The zero-order valence-electron chi connectivity index (χ0n) is 53.4. The summed E-state index contributed by atoms with van der Waals surface area (Å²) in [4.78, 5) is 49.8. The molecule has 0 saturated carbocycles. The van der Waals surface area contributed by atoms with E-state index in [0.717, 1.165) is 18.2 Å². The van der Waals surface area contributed by atoms with E-state index < -0.39 is 133 Å². The second-order valence-corrected chi connectivity index (χ2v) is 25.0. The van der Waals surface area contributed by atoms with Gasteiger partial charge in [-0.1, -0.05) is 215 Å². The van der Waals surface area contributed by atoms with Crippen LogP contribution in [-0.2, 0) is 104 Å². The van der Waals surface area contributed by atoms with Gasteiger partial charge in [0.05, 0.1) is 65.0 Å². The number of azide groups is 2. The Balaban J connectivity index is 1.10. The molecular weight excluding hydrogens is 1350 g/mol. The molecule has 3 fully saturated rings. The summed E-state index contributed by atoms with van der Waals surface area (Å²) in [6.07, 6.45) is -20.9. The van der Waals surface area contributed by atoms with Crippen LogP contribution in [-0.4, -0.2) is 147 Å². The Hall–Kier alpha value is -8.69. The van der Waals surface area contributed by atoms with Crippen LogP contribution in [0.3, 0.4) is 0 Å². The molecule has 518 valence electrons. The molecule has 7 aromatic carbocycles. The van der Waals surface area contributed by atoms with Crippen molar-refractivity contribution in [1.82, 2.24) is 0 Å². The largest absolute Gasteiger partial charge is 0.497 e. The van der Waals surface area contributed by atoms with Gasteiger partial charge in [-0.05, 0) is 75.3 Å². The number of methoxy groups -OCH3 is 2. The molecule has 0 bridgehead atoms. The number of ether oxygens (including phenoxy) is 15. The number of benzene rings is 7. The maximum absolute atomic E-state index is 15.0. The van der Waals surface area contributed by atoms with Crippen LogP contribution >= 0.6 is 34.8 Å². The van der Waals surface area contributed by atoms with Crippen LogP contribution in [0.25, 0.3) is 20.9 Å². The Labute approximate surface area is 584 Å². The average Bonchev–Trinajstić information content (AvgIpc) is 0.765. The Kier molecular flexibility index (Phi) is 26.9. The molecule has 0 amide bonds. The molecule has 25 nitrogen and oxygen atoms in total. The van der Waals surface area contributed by atoms with Crippen LogP contribution in [0.2, 0.25) is 0 Å².